The van der Waals surface area contributed by atoms with Crippen molar-refractivity contribution in [2.24, 2.45) is 0 Å². The topological polar surface area (TPSA) is 99.3 Å². The molecule has 0 N–H and O–H groups in total. The number of aromatic nitrogens is 3. The number of nitriles is 1. The Morgan fingerprint density at radius 1 is 1.45 bits per heavy atom. The quantitative estimate of drug-likeness (QED) is 0.780. The molecule has 0 saturated heterocycles. The lowest BCUT2D eigenvalue weighted by Gasteiger charge is -2.03. The third-order valence-electron chi connectivity index (χ3n) is 3.07. The van der Waals surface area contributed by atoms with Crippen molar-refractivity contribution < 1.29 is 19.0 Å². The maximum absolute atomic E-state index is 11.5. The molecule has 0 aliphatic carbocycles. The van der Waals surface area contributed by atoms with Gasteiger partial charge in [-0.25, -0.2) is 4.68 Å². The summed E-state index contributed by atoms with van der Waals surface area (Å²) in [5.41, 5.74) is 1.23. The Kier molecular flexibility index (Phi) is 3.62. The van der Waals surface area contributed by atoms with E-state index in [1.165, 1.54) is 4.68 Å². The van der Waals surface area contributed by atoms with E-state index in [0.29, 0.717) is 22.8 Å². The van der Waals surface area contributed by atoms with Gasteiger partial charge in [0.1, 0.15) is 18.3 Å². The highest BCUT2D eigenvalue weighted by molar-refractivity contribution is 5.71. The van der Waals surface area contributed by atoms with Gasteiger partial charge in [-0.05, 0) is 25.1 Å². The number of rotatable bonds is 4. The summed E-state index contributed by atoms with van der Waals surface area (Å²) in [6.45, 7) is 1.99. The molecule has 0 radical (unpaired) electrons. The summed E-state index contributed by atoms with van der Waals surface area (Å²) >= 11 is 0. The van der Waals surface area contributed by atoms with Crippen LogP contribution in [0.25, 0.3) is 11.3 Å². The number of ether oxygens (including phenoxy) is 3. The molecule has 0 unspecified atom stereocenters. The standard InChI is InChI=1S/C14H12N4O4/c1-2-20-13(19)7-18-10(6-15)14(16-17-18)9-3-4-11-12(5-9)22-8-21-11/h3-5H,2,7-8H2,1H3. The van der Waals surface area contributed by atoms with E-state index in [4.69, 9.17) is 14.2 Å². The Morgan fingerprint density at radius 2 is 2.27 bits per heavy atom. The first kappa shape index (κ1) is 13.9. The van der Waals surface area contributed by atoms with Gasteiger partial charge in [-0.2, -0.15) is 5.26 Å². The summed E-state index contributed by atoms with van der Waals surface area (Å²) in [6, 6.07) is 7.24. The first-order chi connectivity index (χ1) is 10.7. The van der Waals surface area contributed by atoms with Crippen molar-refractivity contribution in [3.8, 4) is 28.8 Å². The van der Waals surface area contributed by atoms with Crippen LogP contribution in [0.5, 0.6) is 11.5 Å². The predicted molar refractivity (Wildman–Crippen MR) is 72.9 cm³/mol. The second-order valence-electron chi connectivity index (χ2n) is 4.43. The molecule has 1 aliphatic heterocycles. The Labute approximate surface area is 125 Å². The molecule has 0 saturated carbocycles. The number of carbonyl (C=O) groups excluding carboxylic acids is 1. The van der Waals surface area contributed by atoms with Gasteiger partial charge in [-0.1, -0.05) is 5.21 Å². The van der Waals surface area contributed by atoms with Crippen LogP contribution >= 0.6 is 0 Å². The van der Waals surface area contributed by atoms with E-state index in [2.05, 4.69) is 10.3 Å². The maximum Gasteiger partial charge on any atom is 0.327 e. The zero-order valence-electron chi connectivity index (χ0n) is 11.8. The molecule has 0 bridgehead atoms. The Bertz CT molecular complexity index is 763. The maximum atomic E-state index is 11.5. The number of esters is 1. The number of benzene rings is 1. The number of fused-ring (bicyclic) bond motifs is 1. The Morgan fingerprint density at radius 3 is 3.05 bits per heavy atom. The van der Waals surface area contributed by atoms with Gasteiger partial charge >= 0.3 is 5.97 Å². The van der Waals surface area contributed by atoms with Crippen LogP contribution in [0.2, 0.25) is 0 Å². The van der Waals surface area contributed by atoms with Crippen LogP contribution in [0.3, 0.4) is 0 Å². The molecule has 0 fully saturated rings. The van der Waals surface area contributed by atoms with Crippen molar-refractivity contribution in [3.05, 3.63) is 23.9 Å². The molecule has 2 heterocycles. The van der Waals surface area contributed by atoms with Gasteiger partial charge in [0.2, 0.25) is 6.79 Å². The third-order valence-corrected chi connectivity index (χ3v) is 3.07. The minimum absolute atomic E-state index is 0.158. The van der Waals surface area contributed by atoms with E-state index >= 15 is 0 Å². The second kappa shape index (κ2) is 5.73. The number of nitrogens with zero attached hydrogens (tertiary/aromatic N) is 4. The molecular formula is C14H12N4O4. The highest BCUT2D eigenvalue weighted by Crippen LogP contribution is 2.36. The summed E-state index contributed by atoms with van der Waals surface area (Å²) in [6.07, 6.45) is 0. The summed E-state index contributed by atoms with van der Waals surface area (Å²) < 4.78 is 16.6. The van der Waals surface area contributed by atoms with Crippen LogP contribution in [0.1, 0.15) is 12.6 Å². The molecule has 8 nitrogen and oxygen atoms in total. The lowest BCUT2D eigenvalue weighted by Crippen LogP contribution is -2.15. The van der Waals surface area contributed by atoms with Gasteiger partial charge in [0.25, 0.3) is 0 Å². The number of carbonyl (C=O) groups is 1. The molecule has 8 heteroatoms. The van der Waals surface area contributed by atoms with Gasteiger partial charge < -0.3 is 14.2 Å². The Hall–Kier alpha value is -3.08. The fraction of sp³-hybridized carbons (Fsp3) is 0.286. The minimum Gasteiger partial charge on any atom is -0.465 e. The highest BCUT2D eigenvalue weighted by Gasteiger charge is 2.20. The fourth-order valence-electron chi connectivity index (χ4n) is 2.10. The molecule has 0 spiro atoms. The van der Waals surface area contributed by atoms with Crippen molar-refractivity contribution in [2.45, 2.75) is 13.5 Å². The summed E-state index contributed by atoms with van der Waals surface area (Å²) in [4.78, 5) is 11.5. The number of hydrogen-bond acceptors (Lipinski definition) is 7. The van der Waals surface area contributed by atoms with E-state index in [9.17, 15) is 10.1 Å². The molecule has 1 aliphatic rings. The van der Waals surface area contributed by atoms with Crippen molar-refractivity contribution in [1.29, 1.82) is 5.26 Å². The van der Waals surface area contributed by atoms with Crippen molar-refractivity contribution >= 4 is 5.97 Å². The second-order valence-corrected chi connectivity index (χ2v) is 4.43. The summed E-state index contributed by atoms with van der Waals surface area (Å²) in [5.74, 6) is 0.753. The molecule has 1 aromatic heterocycles. The molecule has 0 amide bonds. The first-order valence-electron chi connectivity index (χ1n) is 6.62. The van der Waals surface area contributed by atoms with E-state index in [0.717, 1.165) is 0 Å². The molecule has 3 rings (SSSR count). The molecule has 22 heavy (non-hydrogen) atoms. The van der Waals surface area contributed by atoms with Gasteiger partial charge in [0, 0.05) is 5.56 Å². The van der Waals surface area contributed by atoms with Crippen LogP contribution in [0, 0.1) is 11.3 Å². The molecule has 2 aromatic rings. The predicted octanol–water partition coefficient (Wildman–Crippen LogP) is 1.11. The SMILES string of the molecule is CCOC(=O)Cn1nnc(-c2ccc3c(c2)OCO3)c1C#N. The van der Waals surface area contributed by atoms with E-state index in [1.54, 1.807) is 25.1 Å². The zero-order chi connectivity index (χ0) is 15.5. The van der Waals surface area contributed by atoms with Crippen molar-refractivity contribution in [3.63, 3.8) is 0 Å². The molecule has 1 aromatic carbocycles. The van der Waals surface area contributed by atoms with Gasteiger partial charge in [0.05, 0.1) is 6.61 Å². The molecule has 112 valence electrons. The summed E-state index contributed by atoms with van der Waals surface area (Å²) in [7, 11) is 0. The van der Waals surface area contributed by atoms with E-state index in [-0.39, 0.29) is 25.6 Å². The lowest BCUT2D eigenvalue weighted by atomic mass is 10.1. The Balaban J connectivity index is 1.93. The van der Waals surface area contributed by atoms with Crippen molar-refractivity contribution in [1.82, 2.24) is 15.0 Å². The number of hydrogen-bond donors (Lipinski definition) is 0. The third kappa shape index (κ3) is 2.44. The zero-order valence-corrected chi connectivity index (χ0v) is 11.8. The van der Waals surface area contributed by atoms with E-state index < -0.39 is 5.97 Å². The van der Waals surface area contributed by atoms with Gasteiger partial charge in [0.15, 0.2) is 17.2 Å². The fourth-order valence-corrected chi connectivity index (χ4v) is 2.10. The minimum atomic E-state index is -0.471. The molecular weight excluding hydrogens is 288 g/mol. The lowest BCUT2D eigenvalue weighted by molar-refractivity contribution is -0.144. The highest BCUT2D eigenvalue weighted by atomic mass is 16.7. The van der Waals surface area contributed by atoms with Crippen LogP contribution < -0.4 is 9.47 Å². The largest absolute Gasteiger partial charge is 0.465 e. The first-order valence-corrected chi connectivity index (χ1v) is 6.62. The monoisotopic (exact) mass is 300 g/mol. The average molecular weight is 300 g/mol. The van der Waals surface area contributed by atoms with Crippen LogP contribution in [-0.4, -0.2) is 34.4 Å². The van der Waals surface area contributed by atoms with E-state index in [1.807, 2.05) is 6.07 Å². The molecule has 0 atom stereocenters. The smallest absolute Gasteiger partial charge is 0.327 e. The van der Waals surface area contributed by atoms with Crippen LogP contribution in [0.4, 0.5) is 0 Å². The summed E-state index contributed by atoms with van der Waals surface area (Å²) in [5, 5.41) is 17.2. The van der Waals surface area contributed by atoms with Crippen LogP contribution in [0.15, 0.2) is 18.2 Å². The average Bonchev–Trinajstić information content (AvgIpc) is 3.12. The normalized spacial score (nSPS) is 12.0. The van der Waals surface area contributed by atoms with Gasteiger partial charge in [-0.15, -0.1) is 5.10 Å². The van der Waals surface area contributed by atoms with Crippen molar-refractivity contribution in [2.75, 3.05) is 13.4 Å². The van der Waals surface area contributed by atoms with Crippen LogP contribution in [-0.2, 0) is 16.1 Å². The van der Waals surface area contributed by atoms with Gasteiger partial charge in [-0.3, -0.25) is 4.79 Å².